The monoisotopic (exact) mass is 177 g/mol. The summed E-state index contributed by atoms with van der Waals surface area (Å²) >= 11 is 0. The van der Waals surface area contributed by atoms with Crippen LogP contribution in [0.3, 0.4) is 0 Å². The summed E-state index contributed by atoms with van der Waals surface area (Å²) in [6.45, 7) is 1.89. The zero-order valence-corrected chi connectivity index (χ0v) is 6.98. The summed E-state index contributed by atoms with van der Waals surface area (Å²) in [4.78, 5) is 10.1. The first kappa shape index (κ1) is 7.79. The van der Waals surface area contributed by atoms with Crippen molar-refractivity contribution in [2.24, 2.45) is 0 Å². The van der Waals surface area contributed by atoms with Gasteiger partial charge in [-0.15, -0.1) is 0 Å². The molecule has 66 valence electrons. The van der Waals surface area contributed by atoms with E-state index in [4.69, 9.17) is 4.42 Å². The molecule has 0 aliphatic heterocycles. The molecule has 0 atom stereocenters. The third kappa shape index (κ3) is 1.16. The number of hydrogen-bond acceptors (Lipinski definition) is 3. The van der Waals surface area contributed by atoms with Gasteiger partial charge in [-0.3, -0.25) is 10.1 Å². The molecule has 4 heteroatoms. The van der Waals surface area contributed by atoms with Gasteiger partial charge >= 0.3 is 5.69 Å². The summed E-state index contributed by atoms with van der Waals surface area (Å²) in [5.74, 6) is 0. The second-order valence-electron chi connectivity index (χ2n) is 2.88. The number of furan rings is 1. The van der Waals surface area contributed by atoms with E-state index in [1.54, 1.807) is 12.1 Å². The maximum absolute atomic E-state index is 10.5. The molecule has 0 bridgehead atoms. The van der Waals surface area contributed by atoms with Crippen molar-refractivity contribution >= 4 is 16.7 Å². The lowest BCUT2D eigenvalue weighted by atomic mass is 10.2. The van der Waals surface area contributed by atoms with Crippen LogP contribution >= 0.6 is 0 Å². The first-order valence-electron chi connectivity index (χ1n) is 3.81. The maximum Gasteiger partial charge on any atom is 0.315 e. The number of benzene rings is 1. The highest BCUT2D eigenvalue weighted by molar-refractivity contribution is 5.87. The maximum atomic E-state index is 10.5. The van der Waals surface area contributed by atoms with Crippen molar-refractivity contribution in [3.05, 3.63) is 40.1 Å². The molecule has 13 heavy (non-hydrogen) atoms. The van der Waals surface area contributed by atoms with Gasteiger partial charge in [-0.05, 0) is 19.1 Å². The van der Waals surface area contributed by atoms with Crippen LogP contribution in [0.25, 0.3) is 11.0 Å². The molecule has 2 rings (SSSR count). The fourth-order valence-corrected chi connectivity index (χ4v) is 1.27. The summed E-state index contributed by atoms with van der Waals surface area (Å²) in [6, 6.07) is 5.34. The molecule has 0 spiro atoms. The van der Waals surface area contributed by atoms with Gasteiger partial charge in [0.05, 0.1) is 10.3 Å². The molecule has 0 aliphatic rings. The lowest BCUT2D eigenvalue weighted by Crippen LogP contribution is -1.84. The predicted octanol–water partition coefficient (Wildman–Crippen LogP) is 2.65. The van der Waals surface area contributed by atoms with Gasteiger partial charge in [0.25, 0.3) is 0 Å². The van der Waals surface area contributed by atoms with Gasteiger partial charge in [-0.1, -0.05) is 11.6 Å². The Bertz CT molecular complexity index is 473. The van der Waals surface area contributed by atoms with E-state index in [1.807, 2.05) is 13.0 Å². The lowest BCUT2D eigenvalue weighted by molar-refractivity contribution is -0.383. The molecule has 0 N–H and O–H groups in total. The Morgan fingerprint density at radius 2 is 2.23 bits per heavy atom. The Labute approximate surface area is 73.9 Å². The van der Waals surface area contributed by atoms with E-state index in [1.165, 1.54) is 6.26 Å². The number of nitro groups is 1. The van der Waals surface area contributed by atoms with Gasteiger partial charge in [0.2, 0.25) is 0 Å². The van der Waals surface area contributed by atoms with Gasteiger partial charge in [0, 0.05) is 0 Å². The second-order valence-corrected chi connectivity index (χ2v) is 2.88. The van der Waals surface area contributed by atoms with Gasteiger partial charge in [0.1, 0.15) is 5.58 Å². The van der Waals surface area contributed by atoms with E-state index in [2.05, 4.69) is 0 Å². The number of aryl methyl sites for hydroxylation is 1. The van der Waals surface area contributed by atoms with Crippen molar-refractivity contribution in [1.29, 1.82) is 0 Å². The number of rotatable bonds is 1. The van der Waals surface area contributed by atoms with Crippen LogP contribution in [0.5, 0.6) is 0 Å². The third-order valence-corrected chi connectivity index (χ3v) is 1.91. The van der Waals surface area contributed by atoms with Crippen LogP contribution in [0.2, 0.25) is 0 Å². The first-order valence-corrected chi connectivity index (χ1v) is 3.81. The standard InChI is InChI=1S/C9H7NO3/c1-6-2-3-9-7(4-6)8(5-13-9)10(11)12/h2-5H,1H3. The lowest BCUT2D eigenvalue weighted by Gasteiger charge is -1.90. The zero-order chi connectivity index (χ0) is 9.42. The number of fused-ring (bicyclic) bond motifs is 1. The van der Waals surface area contributed by atoms with E-state index >= 15 is 0 Å². The highest BCUT2D eigenvalue weighted by atomic mass is 16.6. The Hall–Kier alpha value is -1.84. The summed E-state index contributed by atoms with van der Waals surface area (Å²) < 4.78 is 5.02. The first-order chi connectivity index (χ1) is 6.18. The van der Waals surface area contributed by atoms with E-state index in [9.17, 15) is 10.1 Å². The van der Waals surface area contributed by atoms with Crippen LogP contribution in [0.15, 0.2) is 28.9 Å². The van der Waals surface area contributed by atoms with Crippen LogP contribution in [-0.4, -0.2) is 4.92 Å². The van der Waals surface area contributed by atoms with Gasteiger partial charge < -0.3 is 4.42 Å². The Kier molecular flexibility index (Phi) is 1.55. The normalized spacial score (nSPS) is 10.5. The van der Waals surface area contributed by atoms with Crippen LogP contribution in [0.1, 0.15) is 5.56 Å². The van der Waals surface area contributed by atoms with Crippen molar-refractivity contribution in [1.82, 2.24) is 0 Å². The Morgan fingerprint density at radius 3 is 2.92 bits per heavy atom. The smallest absolute Gasteiger partial charge is 0.315 e. The molecule has 2 aromatic rings. The quantitative estimate of drug-likeness (QED) is 0.497. The van der Waals surface area contributed by atoms with Crippen LogP contribution in [-0.2, 0) is 0 Å². The molecule has 0 aliphatic carbocycles. The van der Waals surface area contributed by atoms with Gasteiger partial charge in [0.15, 0.2) is 6.26 Å². The van der Waals surface area contributed by atoms with Crippen molar-refractivity contribution in [3.8, 4) is 0 Å². The minimum atomic E-state index is -0.439. The zero-order valence-electron chi connectivity index (χ0n) is 6.98. The summed E-state index contributed by atoms with van der Waals surface area (Å²) in [6.07, 6.45) is 1.17. The molecule has 0 saturated carbocycles. The minimum absolute atomic E-state index is 0.0266. The molecule has 1 heterocycles. The fourth-order valence-electron chi connectivity index (χ4n) is 1.27. The molecule has 4 nitrogen and oxygen atoms in total. The highest BCUT2D eigenvalue weighted by Gasteiger charge is 2.15. The van der Waals surface area contributed by atoms with Crippen molar-refractivity contribution < 1.29 is 9.34 Å². The summed E-state index contributed by atoms with van der Waals surface area (Å²) in [5.41, 5.74) is 1.56. The molecule has 0 fully saturated rings. The molecular formula is C9H7NO3. The Balaban J connectivity index is 2.79. The van der Waals surface area contributed by atoms with Crippen LogP contribution in [0, 0.1) is 17.0 Å². The number of hydrogen-bond donors (Lipinski definition) is 0. The fraction of sp³-hybridized carbons (Fsp3) is 0.111. The topological polar surface area (TPSA) is 56.3 Å². The SMILES string of the molecule is Cc1ccc2occ([N+](=O)[O-])c2c1. The van der Waals surface area contributed by atoms with Gasteiger partial charge in [-0.25, -0.2) is 0 Å². The average molecular weight is 177 g/mol. The molecule has 0 unspecified atom stereocenters. The van der Waals surface area contributed by atoms with Crippen LogP contribution in [0.4, 0.5) is 5.69 Å². The average Bonchev–Trinajstić information content (AvgIpc) is 2.46. The van der Waals surface area contributed by atoms with Crippen molar-refractivity contribution in [2.45, 2.75) is 6.92 Å². The molecule has 1 aromatic carbocycles. The molecular weight excluding hydrogens is 170 g/mol. The van der Waals surface area contributed by atoms with E-state index < -0.39 is 4.92 Å². The molecule has 0 saturated heterocycles. The van der Waals surface area contributed by atoms with Crippen molar-refractivity contribution in [3.63, 3.8) is 0 Å². The van der Waals surface area contributed by atoms with Crippen LogP contribution < -0.4 is 0 Å². The Morgan fingerprint density at radius 1 is 1.46 bits per heavy atom. The van der Waals surface area contributed by atoms with E-state index in [-0.39, 0.29) is 5.69 Å². The van der Waals surface area contributed by atoms with E-state index in [0.29, 0.717) is 11.0 Å². The molecule has 0 radical (unpaired) electrons. The molecule has 0 amide bonds. The van der Waals surface area contributed by atoms with Crippen molar-refractivity contribution in [2.75, 3.05) is 0 Å². The van der Waals surface area contributed by atoms with Gasteiger partial charge in [-0.2, -0.15) is 0 Å². The second kappa shape index (κ2) is 2.58. The minimum Gasteiger partial charge on any atom is -0.457 e. The summed E-state index contributed by atoms with van der Waals surface area (Å²) in [5, 5.41) is 11.1. The predicted molar refractivity (Wildman–Crippen MR) is 47.6 cm³/mol. The molecule has 1 aromatic heterocycles. The summed E-state index contributed by atoms with van der Waals surface area (Å²) in [7, 11) is 0. The van der Waals surface area contributed by atoms with E-state index in [0.717, 1.165) is 5.56 Å². The highest BCUT2D eigenvalue weighted by Crippen LogP contribution is 2.27. The third-order valence-electron chi connectivity index (χ3n) is 1.91. The number of nitrogens with zero attached hydrogens (tertiary/aromatic N) is 1. The largest absolute Gasteiger partial charge is 0.457 e.